The van der Waals surface area contributed by atoms with Crippen molar-refractivity contribution in [1.82, 2.24) is 20.0 Å². The van der Waals surface area contributed by atoms with Gasteiger partial charge in [0, 0.05) is 43.5 Å². The first-order chi connectivity index (χ1) is 14.4. The van der Waals surface area contributed by atoms with Gasteiger partial charge in [0.05, 0.1) is 18.4 Å². The third-order valence-electron chi connectivity index (χ3n) is 4.50. The topological polar surface area (TPSA) is 75.0 Å². The van der Waals surface area contributed by atoms with Gasteiger partial charge in [-0.05, 0) is 25.1 Å². The second kappa shape index (κ2) is 9.75. The molecule has 0 atom stereocenters. The number of carbonyl (C=O) groups is 1. The highest BCUT2D eigenvalue weighted by Gasteiger charge is 2.27. The molecule has 11 heteroatoms. The Bertz CT molecular complexity index is 920. The number of aryl methyl sites for hydroxylation is 1. The minimum Gasteiger partial charge on any atom is -0.434 e. The molecule has 8 nitrogen and oxygen atoms in total. The zero-order chi connectivity index (χ0) is 21.7. The van der Waals surface area contributed by atoms with Gasteiger partial charge in [0.1, 0.15) is 12.3 Å². The molecule has 0 aliphatic carbocycles. The molecular formula is C19H23ClF2N6O2. The lowest BCUT2D eigenvalue weighted by Crippen LogP contribution is -2.55. The number of aliphatic imine (C=N–C) groups is 1. The van der Waals surface area contributed by atoms with Crippen LogP contribution in [0.2, 0.25) is 5.02 Å². The number of benzene rings is 1. The molecule has 1 amide bonds. The van der Waals surface area contributed by atoms with E-state index in [-0.39, 0.29) is 24.7 Å². The minimum atomic E-state index is -2.94. The largest absolute Gasteiger partial charge is 0.434 e. The zero-order valence-electron chi connectivity index (χ0n) is 16.7. The number of aromatic nitrogens is 2. The summed E-state index contributed by atoms with van der Waals surface area (Å²) >= 11 is 6.00. The summed E-state index contributed by atoms with van der Waals surface area (Å²) in [5.41, 5.74) is 1.18. The quantitative estimate of drug-likeness (QED) is 0.552. The van der Waals surface area contributed by atoms with Crippen molar-refractivity contribution >= 4 is 29.2 Å². The Balaban J connectivity index is 1.74. The van der Waals surface area contributed by atoms with E-state index < -0.39 is 6.61 Å². The van der Waals surface area contributed by atoms with Crippen LogP contribution in [-0.4, -0.2) is 59.3 Å². The van der Waals surface area contributed by atoms with Crippen LogP contribution in [0.1, 0.15) is 12.5 Å². The van der Waals surface area contributed by atoms with Crippen LogP contribution in [0.4, 0.5) is 14.5 Å². The first-order valence-electron chi connectivity index (χ1n) is 9.43. The molecule has 1 aromatic carbocycles. The van der Waals surface area contributed by atoms with Crippen molar-refractivity contribution in [3.05, 3.63) is 41.2 Å². The highest BCUT2D eigenvalue weighted by atomic mass is 35.5. The normalized spacial score (nSPS) is 15.1. The SMILES string of the molecule is CCNC(=NCc1cc(Cl)ccc1OC(F)F)N1CCN(c2cnn(C)c2)C(=O)C1. The maximum absolute atomic E-state index is 12.7. The molecule has 0 unspecified atom stereocenters. The molecular weight excluding hydrogens is 418 g/mol. The summed E-state index contributed by atoms with van der Waals surface area (Å²) in [6.07, 6.45) is 3.44. The summed E-state index contributed by atoms with van der Waals surface area (Å²) in [6.45, 7) is 0.799. The van der Waals surface area contributed by atoms with Gasteiger partial charge in [-0.15, -0.1) is 0 Å². The van der Waals surface area contributed by atoms with Gasteiger partial charge >= 0.3 is 6.61 Å². The van der Waals surface area contributed by atoms with Crippen LogP contribution in [0, 0.1) is 0 Å². The van der Waals surface area contributed by atoms with E-state index in [1.807, 2.05) is 11.8 Å². The van der Waals surface area contributed by atoms with Gasteiger partial charge in [-0.1, -0.05) is 11.6 Å². The first kappa shape index (κ1) is 21.8. The average Bonchev–Trinajstić information content (AvgIpc) is 3.12. The Morgan fingerprint density at radius 3 is 2.83 bits per heavy atom. The van der Waals surface area contributed by atoms with Gasteiger partial charge < -0.3 is 19.9 Å². The Hall–Kier alpha value is -2.88. The van der Waals surface area contributed by atoms with Crippen molar-refractivity contribution < 1.29 is 18.3 Å². The Morgan fingerprint density at radius 2 is 2.20 bits per heavy atom. The number of piperazine rings is 1. The molecule has 1 aliphatic heterocycles. The van der Waals surface area contributed by atoms with E-state index in [0.717, 1.165) is 5.69 Å². The second-order valence-electron chi connectivity index (χ2n) is 6.64. The van der Waals surface area contributed by atoms with Gasteiger partial charge in [0.15, 0.2) is 5.96 Å². The molecule has 1 aromatic heterocycles. The third-order valence-corrected chi connectivity index (χ3v) is 4.73. The monoisotopic (exact) mass is 440 g/mol. The maximum atomic E-state index is 12.7. The molecule has 30 heavy (non-hydrogen) atoms. The lowest BCUT2D eigenvalue weighted by Gasteiger charge is -2.35. The fourth-order valence-corrected chi connectivity index (χ4v) is 3.34. The molecule has 162 valence electrons. The van der Waals surface area contributed by atoms with Gasteiger partial charge in [0.2, 0.25) is 5.91 Å². The number of nitrogens with one attached hydrogen (secondary N) is 1. The molecule has 2 aromatic rings. The lowest BCUT2D eigenvalue weighted by molar-refractivity contribution is -0.120. The van der Waals surface area contributed by atoms with Crippen molar-refractivity contribution in [1.29, 1.82) is 0 Å². The van der Waals surface area contributed by atoms with E-state index in [1.54, 1.807) is 29.0 Å². The van der Waals surface area contributed by atoms with Crippen LogP contribution >= 0.6 is 11.6 Å². The van der Waals surface area contributed by atoms with Crippen LogP contribution in [0.5, 0.6) is 5.75 Å². The summed E-state index contributed by atoms with van der Waals surface area (Å²) in [7, 11) is 1.79. The number of amides is 1. The molecule has 0 radical (unpaired) electrons. The fourth-order valence-electron chi connectivity index (χ4n) is 3.14. The highest BCUT2D eigenvalue weighted by molar-refractivity contribution is 6.30. The van der Waals surface area contributed by atoms with Crippen molar-refractivity contribution in [2.24, 2.45) is 12.0 Å². The number of hydrogen-bond donors (Lipinski definition) is 1. The smallest absolute Gasteiger partial charge is 0.387 e. The van der Waals surface area contributed by atoms with E-state index in [4.69, 9.17) is 11.6 Å². The highest BCUT2D eigenvalue weighted by Crippen LogP contribution is 2.25. The van der Waals surface area contributed by atoms with E-state index in [0.29, 0.717) is 36.2 Å². The van der Waals surface area contributed by atoms with Crippen molar-refractivity contribution in [3.63, 3.8) is 0 Å². The number of hydrogen-bond acceptors (Lipinski definition) is 4. The molecule has 1 fully saturated rings. The van der Waals surface area contributed by atoms with Crippen LogP contribution < -0.4 is 15.0 Å². The number of halogens is 3. The van der Waals surface area contributed by atoms with E-state index in [2.05, 4.69) is 20.1 Å². The Morgan fingerprint density at radius 1 is 1.40 bits per heavy atom. The molecule has 1 aliphatic rings. The van der Waals surface area contributed by atoms with Crippen LogP contribution in [0.25, 0.3) is 0 Å². The van der Waals surface area contributed by atoms with E-state index in [1.165, 1.54) is 18.2 Å². The summed E-state index contributed by atoms with van der Waals surface area (Å²) in [6, 6.07) is 4.41. The zero-order valence-corrected chi connectivity index (χ0v) is 17.4. The summed E-state index contributed by atoms with van der Waals surface area (Å²) in [5.74, 6) is 0.454. The van der Waals surface area contributed by atoms with Crippen LogP contribution in [0.3, 0.4) is 0 Å². The molecule has 0 spiro atoms. The van der Waals surface area contributed by atoms with Crippen LogP contribution in [-0.2, 0) is 18.4 Å². The number of nitrogens with zero attached hydrogens (tertiary/aromatic N) is 5. The van der Waals surface area contributed by atoms with Crippen molar-refractivity contribution in [2.45, 2.75) is 20.1 Å². The average molecular weight is 441 g/mol. The van der Waals surface area contributed by atoms with Crippen molar-refractivity contribution in [3.8, 4) is 5.75 Å². The molecule has 0 bridgehead atoms. The van der Waals surface area contributed by atoms with Crippen molar-refractivity contribution in [2.75, 3.05) is 31.1 Å². The second-order valence-corrected chi connectivity index (χ2v) is 7.08. The number of guanidine groups is 1. The molecule has 1 saturated heterocycles. The number of carbonyl (C=O) groups excluding carboxylic acids is 1. The predicted octanol–water partition coefficient (Wildman–Crippen LogP) is 2.49. The number of rotatable bonds is 6. The summed E-state index contributed by atoms with van der Waals surface area (Å²) < 4.78 is 31.5. The molecule has 2 heterocycles. The Labute approximate surface area is 178 Å². The summed E-state index contributed by atoms with van der Waals surface area (Å²) in [4.78, 5) is 20.7. The van der Waals surface area contributed by atoms with Gasteiger partial charge in [-0.3, -0.25) is 9.48 Å². The van der Waals surface area contributed by atoms with Crippen LogP contribution in [0.15, 0.2) is 35.6 Å². The number of anilines is 1. The molecule has 1 N–H and O–H groups in total. The maximum Gasteiger partial charge on any atom is 0.387 e. The summed E-state index contributed by atoms with van der Waals surface area (Å²) in [5, 5.41) is 7.64. The molecule has 0 saturated carbocycles. The number of alkyl halides is 2. The Kier molecular flexibility index (Phi) is 7.09. The van der Waals surface area contributed by atoms with E-state index in [9.17, 15) is 13.6 Å². The molecule has 3 rings (SSSR count). The fraction of sp³-hybridized carbons (Fsp3) is 0.421. The lowest BCUT2D eigenvalue weighted by atomic mass is 10.2. The standard InChI is InChI=1S/C19H23ClF2N6O2/c1-3-23-19(24-9-13-8-14(20)4-5-16(13)30-18(21)22)27-6-7-28(17(29)12-27)15-10-25-26(2)11-15/h4-5,8,10-11,18H,3,6-7,9,12H2,1-2H3,(H,23,24). The minimum absolute atomic E-state index is 0.0199. The predicted molar refractivity (Wildman–Crippen MR) is 110 cm³/mol. The third kappa shape index (κ3) is 5.38. The van der Waals surface area contributed by atoms with E-state index >= 15 is 0 Å². The van der Waals surface area contributed by atoms with Gasteiger partial charge in [-0.25, -0.2) is 4.99 Å². The number of ether oxygens (including phenoxy) is 1. The van der Waals surface area contributed by atoms with Gasteiger partial charge in [0.25, 0.3) is 0 Å². The van der Waals surface area contributed by atoms with Gasteiger partial charge in [-0.2, -0.15) is 13.9 Å². The first-order valence-corrected chi connectivity index (χ1v) is 9.80.